The number of benzene rings is 1. The van der Waals surface area contributed by atoms with E-state index in [1.54, 1.807) is 12.1 Å². The molecule has 1 aromatic rings. The van der Waals surface area contributed by atoms with Gasteiger partial charge in [0.2, 0.25) is 0 Å². The average molecular weight is 190 g/mol. The maximum Gasteiger partial charge on any atom is 0.163 e. The van der Waals surface area contributed by atoms with Crippen LogP contribution < -0.4 is 0 Å². The number of rotatable bonds is 1. The minimum Gasteiger partial charge on any atom is -0.508 e. The fourth-order valence-electron chi connectivity index (χ4n) is 2.08. The molecule has 1 aliphatic rings. The lowest BCUT2D eigenvalue weighted by atomic mass is 9.94. The highest BCUT2D eigenvalue weighted by atomic mass is 16.3. The smallest absolute Gasteiger partial charge is 0.163 e. The van der Waals surface area contributed by atoms with Crippen LogP contribution in [0, 0.1) is 0 Å². The van der Waals surface area contributed by atoms with Crippen LogP contribution in [0.15, 0.2) is 12.1 Å². The van der Waals surface area contributed by atoms with Gasteiger partial charge in [-0.2, -0.15) is 0 Å². The molecule has 0 spiro atoms. The van der Waals surface area contributed by atoms with Crippen molar-refractivity contribution in [3.05, 3.63) is 28.8 Å². The fraction of sp³-hybridized carbons (Fsp3) is 0.417. The van der Waals surface area contributed by atoms with Crippen molar-refractivity contribution in [1.29, 1.82) is 0 Å². The Morgan fingerprint density at radius 3 is 2.64 bits per heavy atom. The number of ketones is 1. The lowest BCUT2D eigenvalue weighted by molar-refractivity contribution is 0.0993. The van der Waals surface area contributed by atoms with E-state index in [4.69, 9.17) is 0 Å². The Hall–Kier alpha value is -1.31. The number of aryl methyl sites for hydroxylation is 1. The first kappa shape index (κ1) is 9.25. The number of hydrogen-bond donors (Lipinski definition) is 1. The van der Waals surface area contributed by atoms with Gasteiger partial charge in [0.15, 0.2) is 5.78 Å². The monoisotopic (exact) mass is 190 g/mol. The molecule has 0 unspecified atom stereocenters. The number of carbonyl (C=O) groups is 1. The Balaban J connectivity index is 2.65. The Morgan fingerprint density at radius 2 is 2.00 bits per heavy atom. The second-order valence-corrected chi connectivity index (χ2v) is 4.15. The minimum absolute atomic E-state index is 0.226. The summed E-state index contributed by atoms with van der Waals surface area (Å²) >= 11 is 0. The van der Waals surface area contributed by atoms with E-state index < -0.39 is 0 Å². The molecular weight excluding hydrogens is 176 g/mol. The zero-order valence-electron chi connectivity index (χ0n) is 8.50. The maximum atomic E-state index is 11.6. The highest BCUT2D eigenvalue weighted by molar-refractivity contribution is 6.02. The Labute approximate surface area is 83.6 Å². The van der Waals surface area contributed by atoms with Crippen LogP contribution in [0.4, 0.5) is 0 Å². The molecular formula is C12H14O2. The van der Waals surface area contributed by atoms with Crippen LogP contribution in [-0.2, 0) is 6.42 Å². The van der Waals surface area contributed by atoms with E-state index in [1.807, 2.05) is 13.8 Å². The molecule has 0 aromatic heterocycles. The molecule has 0 fully saturated rings. The minimum atomic E-state index is 0.226. The lowest BCUT2D eigenvalue weighted by Crippen LogP contribution is -2.00. The highest BCUT2D eigenvalue weighted by Gasteiger charge is 2.24. The second kappa shape index (κ2) is 3.12. The summed E-state index contributed by atoms with van der Waals surface area (Å²) in [7, 11) is 0. The SMILES string of the molecule is CC(C)c1cc(O)cc2c1C(=O)CC2. The predicted octanol–water partition coefficient (Wildman–Crippen LogP) is 2.64. The van der Waals surface area contributed by atoms with E-state index in [2.05, 4.69) is 0 Å². The third-order valence-electron chi connectivity index (χ3n) is 2.76. The summed E-state index contributed by atoms with van der Waals surface area (Å²) in [6.07, 6.45) is 1.38. The number of carbonyl (C=O) groups excluding carboxylic acids is 1. The van der Waals surface area contributed by atoms with Crippen molar-refractivity contribution < 1.29 is 9.90 Å². The van der Waals surface area contributed by atoms with Crippen LogP contribution >= 0.6 is 0 Å². The van der Waals surface area contributed by atoms with Gasteiger partial charge >= 0.3 is 0 Å². The fourth-order valence-corrected chi connectivity index (χ4v) is 2.08. The van der Waals surface area contributed by atoms with Gasteiger partial charge in [0.1, 0.15) is 5.75 Å². The summed E-state index contributed by atoms with van der Waals surface area (Å²) in [5.74, 6) is 0.795. The van der Waals surface area contributed by atoms with E-state index in [9.17, 15) is 9.90 Å². The Bertz CT molecular complexity index is 392. The predicted molar refractivity (Wildman–Crippen MR) is 54.8 cm³/mol. The maximum absolute atomic E-state index is 11.6. The van der Waals surface area contributed by atoms with E-state index in [-0.39, 0.29) is 17.5 Å². The summed E-state index contributed by atoms with van der Waals surface area (Å²) in [5, 5.41) is 9.50. The zero-order chi connectivity index (χ0) is 10.3. The largest absolute Gasteiger partial charge is 0.508 e. The van der Waals surface area contributed by atoms with Gasteiger partial charge in [0.25, 0.3) is 0 Å². The quantitative estimate of drug-likeness (QED) is 0.739. The number of aromatic hydroxyl groups is 1. The standard InChI is InChI=1S/C12H14O2/c1-7(2)10-6-9(13)5-8-3-4-11(14)12(8)10/h5-7,13H,3-4H2,1-2H3. The molecule has 1 N–H and O–H groups in total. The first-order chi connectivity index (χ1) is 6.59. The number of fused-ring (bicyclic) bond motifs is 1. The van der Waals surface area contributed by atoms with Crippen molar-refractivity contribution in [2.24, 2.45) is 0 Å². The van der Waals surface area contributed by atoms with E-state index in [0.29, 0.717) is 6.42 Å². The molecule has 1 aromatic carbocycles. The van der Waals surface area contributed by atoms with E-state index in [0.717, 1.165) is 23.1 Å². The summed E-state index contributed by atoms with van der Waals surface area (Å²) < 4.78 is 0. The molecule has 2 rings (SSSR count). The van der Waals surface area contributed by atoms with Crippen molar-refractivity contribution in [2.45, 2.75) is 32.6 Å². The zero-order valence-corrected chi connectivity index (χ0v) is 8.50. The molecule has 0 aliphatic heterocycles. The summed E-state index contributed by atoms with van der Waals surface area (Å²) in [6, 6.07) is 3.43. The molecule has 0 saturated heterocycles. The van der Waals surface area contributed by atoms with Crippen molar-refractivity contribution >= 4 is 5.78 Å². The Morgan fingerprint density at radius 1 is 1.29 bits per heavy atom. The van der Waals surface area contributed by atoms with Crippen LogP contribution in [0.1, 0.15) is 47.7 Å². The normalized spacial score (nSPS) is 14.9. The van der Waals surface area contributed by atoms with Gasteiger partial charge in [-0.15, -0.1) is 0 Å². The van der Waals surface area contributed by atoms with Crippen LogP contribution in [-0.4, -0.2) is 10.9 Å². The molecule has 0 atom stereocenters. The van der Waals surface area contributed by atoms with Crippen molar-refractivity contribution in [2.75, 3.05) is 0 Å². The lowest BCUT2D eigenvalue weighted by Gasteiger charge is -2.11. The van der Waals surface area contributed by atoms with Crippen LogP contribution in [0.3, 0.4) is 0 Å². The van der Waals surface area contributed by atoms with Crippen LogP contribution in [0.5, 0.6) is 5.75 Å². The molecule has 0 saturated carbocycles. The molecule has 2 nitrogen and oxygen atoms in total. The molecule has 1 aliphatic carbocycles. The molecule has 0 heterocycles. The number of phenols is 1. The second-order valence-electron chi connectivity index (χ2n) is 4.15. The summed E-state index contributed by atoms with van der Waals surface area (Å²) in [6.45, 7) is 4.08. The Kier molecular flexibility index (Phi) is 2.06. The van der Waals surface area contributed by atoms with Crippen molar-refractivity contribution in [3.8, 4) is 5.75 Å². The third-order valence-corrected chi connectivity index (χ3v) is 2.76. The van der Waals surface area contributed by atoms with Gasteiger partial charge < -0.3 is 5.11 Å². The van der Waals surface area contributed by atoms with Gasteiger partial charge in [-0.3, -0.25) is 4.79 Å². The summed E-state index contributed by atoms with van der Waals surface area (Å²) in [5.41, 5.74) is 2.86. The molecule has 2 heteroatoms. The number of Topliss-reactive ketones (excluding diaryl/α,β-unsaturated/α-hetero) is 1. The topological polar surface area (TPSA) is 37.3 Å². The van der Waals surface area contributed by atoms with Crippen molar-refractivity contribution in [3.63, 3.8) is 0 Å². The molecule has 74 valence electrons. The van der Waals surface area contributed by atoms with Crippen LogP contribution in [0.2, 0.25) is 0 Å². The van der Waals surface area contributed by atoms with E-state index in [1.165, 1.54) is 0 Å². The van der Waals surface area contributed by atoms with Crippen LogP contribution in [0.25, 0.3) is 0 Å². The number of hydrogen-bond acceptors (Lipinski definition) is 2. The van der Waals surface area contributed by atoms with Gasteiger partial charge in [-0.05, 0) is 35.6 Å². The molecule has 0 bridgehead atoms. The number of phenolic OH excluding ortho intramolecular Hbond substituents is 1. The average Bonchev–Trinajstić information content (AvgIpc) is 2.46. The van der Waals surface area contributed by atoms with E-state index >= 15 is 0 Å². The van der Waals surface area contributed by atoms with Crippen molar-refractivity contribution in [1.82, 2.24) is 0 Å². The molecule has 0 amide bonds. The summed E-state index contributed by atoms with van der Waals surface area (Å²) in [4.78, 5) is 11.6. The first-order valence-electron chi connectivity index (χ1n) is 4.98. The van der Waals surface area contributed by atoms with Gasteiger partial charge in [0.05, 0.1) is 0 Å². The van der Waals surface area contributed by atoms with Gasteiger partial charge in [-0.1, -0.05) is 13.8 Å². The first-order valence-corrected chi connectivity index (χ1v) is 4.98. The highest BCUT2D eigenvalue weighted by Crippen LogP contribution is 2.33. The van der Waals surface area contributed by atoms with Gasteiger partial charge in [-0.25, -0.2) is 0 Å². The third kappa shape index (κ3) is 1.31. The molecule has 14 heavy (non-hydrogen) atoms. The van der Waals surface area contributed by atoms with Gasteiger partial charge in [0, 0.05) is 12.0 Å². The molecule has 0 radical (unpaired) electrons.